The summed E-state index contributed by atoms with van der Waals surface area (Å²) < 4.78 is 0. The van der Waals surface area contributed by atoms with E-state index in [0.29, 0.717) is 24.4 Å². The van der Waals surface area contributed by atoms with Crippen molar-refractivity contribution in [3.63, 3.8) is 0 Å². The first kappa shape index (κ1) is 17.2. The number of nitrogens with one attached hydrogen (secondary N) is 1. The van der Waals surface area contributed by atoms with E-state index in [4.69, 9.17) is 5.41 Å². The number of benzene rings is 1. The molecule has 0 fully saturated rings. The van der Waals surface area contributed by atoms with Crippen molar-refractivity contribution in [1.82, 2.24) is 4.90 Å². The maximum atomic E-state index is 12.2. The molecule has 4 nitrogen and oxygen atoms in total. The highest BCUT2D eigenvalue weighted by atomic mass is 32.2. The predicted molar refractivity (Wildman–Crippen MR) is 103 cm³/mol. The van der Waals surface area contributed by atoms with Crippen molar-refractivity contribution in [2.75, 3.05) is 37.8 Å². The van der Waals surface area contributed by atoms with Crippen molar-refractivity contribution >= 4 is 40.4 Å². The number of carbonyl (C=O) groups excluding carboxylic acids is 1. The van der Waals surface area contributed by atoms with Crippen LogP contribution in [0.25, 0.3) is 0 Å². The molecule has 24 heavy (non-hydrogen) atoms. The van der Waals surface area contributed by atoms with E-state index in [1.165, 1.54) is 0 Å². The monoisotopic (exact) mass is 359 g/mol. The third-order valence-electron chi connectivity index (χ3n) is 3.94. The summed E-state index contributed by atoms with van der Waals surface area (Å²) >= 11 is 3.20. The average Bonchev–Trinajstić information content (AvgIpc) is 3.08. The van der Waals surface area contributed by atoms with E-state index < -0.39 is 0 Å². The number of anilines is 1. The minimum absolute atomic E-state index is 0.174. The third kappa shape index (κ3) is 3.88. The first-order valence-electron chi connectivity index (χ1n) is 7.86. The van der Waals surface area contributed by atoms with Gasteiger partial charge in [0.1, 0.15) is 0 Å². The lowest BCUT2D eigenvalue weighted by Gasteiger charge is -2.30. The lowest BCUT2D eigenvalue weighted by molar-refractivity contribution is -0.116. The predicted octanol–water partition coefficient (Wildman–Crippen LogP) is 3.36. The highest BCUT2D eigenvalue weighted by Crippen LogP contribution is 2.36. The first-order chi connectivity index (χ1) is 11.5. The second-order valence-electron chi connectivity index (χ2n) is 6.07. The number of thioether (sulfide) groups is 1. The topological polar surface area (TPSA) is 47.4 Å². The number of nitrogens with zero attached hydrogens (tertiary/aromatic N) is 2. The van der Waals surface area contributed by atoms with Gasteiger partial charge in [-0.1, -0.05) is 12.1 Å². The largest absolute Gasteiger partial charge is 0.309 e. The van der Waals surface area contributed by atoms with Gasteiger partial charge in [0, 0.05) is 29.3 Å². The standard InChI is InChI=1S/C18H21N3OS2/c1-20(2)7-8-21-15-6-5-13(11-17(15)24-12-18(21)22)10-14(19)16-4-3-9-23-16/h3-6,9,11,19H,7-8,10,12H2,1-2H3. The van der Waals surface area contributed by atoms with Crippen LogP contribution in [-0.4, -0.2) is 49.5 Å². The molecular formula is C18H21N3OS2. The summed E-state index contributed by atoms with van der Waals surface area (Å²) in [5.41, 5.74) is 2.78. The molecule has 126 valence electrons. The summed E-state index contributed by atoms with van der Waals surface area (Å²) in [5.74, 6) is 0.667. The number of hydrogen-bond acceptors (Lipinski definition) is 5. The Bertz CT molecular complexity index is 741. The molecule has 1 aliphatic heterocycles. The van der Waals surface area contributed by atoms with Gasteiger partial charge >= 0.3 is 0 Å². The average molecular weight is 360 g/mol. The molecule has 0 atom stereocenters. The minimum Gasteiger partial charge on any atom is -0.309 e. The van der Waals surface area contributed by atoms with Crippen LogP contribution in [0, 0.1) is 5.41 Å². The number of carbonyl (C=O) groups is 1. The van der Waals surface area contributed by atoms with Crippen molar-refractivity contribution in [2.45, 2.75) is 11.3 Å². The minimum atomic E-state index is 0.174. The van der Waals surface area contributed by atoms with E-state index in [1.807, 2.05) is 48.6 Å². The molecule has 0 bridgehead atoms. The Hall–Kier alpha value is -1.63. The Balaban J connectivity index is 1.78. The molecule has 2 aromatic rings. The Morgan fingerprint density at radius 3 is 2.88 bits per heavy atom. The maximum absolute atomic E-state index is 12.2. The second-order valence-corrected chi connectivity index (χ2v) is 8.04. The van der Waals surface area contributed by atoms with Crippen LogP contribution in [-0.2, 0) is 11.2 Å². The van der Waals surface area contributed by atoms with Gasteiger partial charge in [-0.15, -0.1) is 23.1 Å². The fourth-order valence-electron chi connectivity index (χ4n) is 2.65. The summed E-state index contributed by atoms with van der Waals surface area (Å²) in [6, 6.07) is 10.2. The quantitative estimate of drug-likeness (QED) is 0.805. The number of hydrogen-bond donors (Lipinski definition) is 1. The van der Waals surface area contributed by atoms with E-state index in [0.717, 1.165) is 27.6 Å². The van der Waals surface area contributed by atoms with Crippen molar-refractivity contribution in [3.05, 3.63) is 46.2 Å². The Labute approximate surface area is 151 Å². The molecule has 1 N–H and O–H groups in total. The zero-order valence-corrected chi connectivity index (χ0v) is 15.5. The number of fused-ring (bicyclic) bond motifs is 1. The molecule has 0 saturated heterocycles. The lowest BCUT2D eigenvalue weighted by atomic mass is 10.1. The number of thiophene rings is 1. The summed E-state index contributed by atoms with van der Waals surface area (Å²) in [4.78, 5) is 18.4. The van der Waals surface area contributed by atoms with Crippen molar-refractivity contribution < 1.29 is 4.79 Å². The molecule has 1 aliphatic rings. The van der Waals surface area contributed by atoms with Gasteiger partial charge in [-0.3, -0.25) is 4.79 Å². The SMILES string of the molecule is CN(C)CCN1C(=O)CSc2cc(CC(=N)c3cccs3)ccc21. The summed E-state index contributed by atoms with van der Waals surface area (Å²) in [5, 5.41) is 10.2. The molecular weight excluding hydrogens is 338 g/mol. The van der Waals surface area contributed by atoms with Crippen LogP contribution in [0.2, 0.25) is 0 Å². The van der Waals surface area contributed by atoms with Gasteiger partial charge < -0.3 is 15.2 Å². The maximum Gasteiger partial charge on any atom is 0.237 e. The molecule has 0 spiro atoms. The molecule has 0 radical (unpaired) electrons. The highest BCUT2D eigenvalue weighted by Gasteiger charge is 2.24. The summed E-state index contributed by atoms with van der Waals surface area (Å²) in [6.07, 6.45) is 0.625. The molecule has 1 aromatic carbocycles. The number of rotatable bonds is 6. The number of amides is 1. The fraction of sp³-hybridized carbons (Fsp3) is 0.333. The molecule has 1 amide bonds. The number of likely N-dealkylation sites (N-methyl/N-ethyl adjacent to an activating group) is 1. The van der Waals surface area contributed by atoms with Crippen LogP contribution in [0.5, 0.6) is 0 Å². The van der Waals surface area contributed by atoms with Crippen molar-refractivity contribution in [2.24, 2.45) is 0 Å². The third-order valence-corrected chi connectivity index (χ3v) is 5.90. The van der Waals surface area contributed by atoms with E-state index in [-0.39, 0.29) is 5.91 Å². The van der Waals surface area contributed by atoms with Crippen LogP contribution < -0.4 is 4.90 Å². The molecule has 1 aromatic heterocycles. The van der Waals surface area contributed by atoms with Gasteiger partial charge in [0.05, 0.1) is 17.2 Å². The second kappa shape index (κ2) is 7.51. The van der Waals surface area contributed by atoms with Crippen LogP contribution in [0.3, 0.4) is 0 Å². The van der Waals surface area contributed by atoms with Crippen LogP contribution in [0.4, 0.5) is 5.69 Å². The first-order valence-corrected chi connectivity index (χ1v) is 9.73. The van der Waals surface area contributed by atoms with Crippen LogP contribution in [0.15, 0.2) is 40.6 Å². The molecule has 3 rings (SSSR count). The van der Waals surface area contributed by atoms with E-state index in [1.54, 1.807) is 23.1 Å². The lowest BCUT2D eigenvalue weighted by Crippen LogP contribution is -2.39. The van der Waals surface area contributed by atoms with Crippen LogP contribution >= 0.6 is 23.1 Å². The van der Waals surface area contributed by atoms with Gasteiger partial charge in [-0.05, 0) is 43.2 Å². The Morgan fingerprint density at radius 2 is 2.17 bits per heavy atom. The van der Waals surface area contributed by atoms with E-state index >= 15 is 0 Å². The molecule has 2 heterocycles. The smallest absolute Gasteiger partial charge is 0.237 e. The highest BCUT2D eigenvalue weighted by molar-refractivity contribution is 8.00. The molecule has 6 heteroatoms. The van der Waals surface area contributed by atoms with Gasteiger partial charge in [-0.25, -0.2) is 0 Å². The van der Waals surface area contributed by atoms with Crippen molar-refractivity contribution in [3.8, 4) is 0 Å². The Morgan fingerprint density at radius 1 is 1.33 bits per heavy atom. The van der Waals surface area contributed by atoms with E-state index in [2.05, 4.69) is 11.0 Å². The van der Waals surface area contributed by atoms with Gasteiger partial charge in [0.2, 0.25) is 5.91 Å². The van der Waals surface area contributed by atoms with Gasteiger partial charge in [0.25, 0.3) is 0 Å². The fourth-order valence-corrected chi connectivity index (χ4v) is 4.32. The van der Waals surface area contributed by atoms with E-state index in [9.17, 15) is 4.79 Å². The van der Waals surface area contributed by atoms with Gasteiger partial charge in [0.15, 0.2) is 0 Å². The zero-order valence-electron chi connectivity index (χ0n) is 13.9. The van der Waals surface area contributed by atoms with Crippen molar-refractivity contribution in [1.29, 1.82) is 5.41 Å². The summed E-state index contributed by atoms with van der Waals surface area (Å²) in [7, 11) is 4.03. The molecule has 0 unspecified atom stereocenters. The molecule has 0 saturated carbocycles. The zero-order chi connectivity index (χ0) is 17.1. The summed E-state index contributed by atoms with van der Waals surface area (Å²) in [6.45, 7) is 1.56. The normalized spacial score (nSPS) is 14.1. The Kier molecular flexibility index (Phi) is 5.38. The van der Waals surface area contributed by atoms with Crippen LogP contribution in [0.1, 0.15) is 10.4 Å². The molecule has 0 aliphatic carbocycles. The van der Waals surface area contributed by atoms with Gasteiger partial charge in [-0.2, -0.15) is 0 Å².